The highest BCUT2D eigenvalue weighted by Gasteiger charge is 2.36. The topological polar surface area (TPSA) is 107 Å². The third-order valence-electron chi connectivity index (χ3n) is 7.05. The first kappa shape index (κ1) is 21.8. The summed E-state index contributed by atoms with van der Waals surface area (Å²) in [4.78, 5) is 24.1. The number of aliphatic hydroxyl groups is 1. The molecule has 3 N–H and O–H groups in total. The molecule has 0 aromatic carbocycles. The van der Waals surface area contributed by atoms with E-state index in [2.05, 4.69) is 20.5 Å². The second kappa shape index (κ2) is 9.09. The molecule has 3 aromatic rings. The normalized spacial score (nSPS) is 20.3. The van der Waals surface area contributed by atoms with Crippen LogP contribution in [0.2, 0.25) is 0 Å². The van der Waals surface area contributed by atoms with E-state index in [0.29, 0.717) is 13.1 Å². The maximum absolute atomic E-state index is 12.8. The molecule has 1 aliphatic heterocycles. The van der Waals surface area contributed by atoms with Gasteiger partial charge in [-0.25, -0.2) is 4.98 Å². The molecule has 4 heterocycles. The number of likely N-dealkylation sites (tertiary alicyclic amines) is 1. The van der Waals surface area contributed by atoms with Gasteiger partial charge >= 0.3 is 0 Å². The molecule has 8 heteroatoms. The van der Waals surface area contributed by atoms with Crippen molar-refractivity contribution < 1.29 is 9.90 Å². The van der Waals surface area contributed by atoms with E-state index in [0.717, 1.165) is 79.0 Å². The lowest BCUT2D eigenvalue weighted by atomic mass is 9.82. The first-order valence-corrected chi connectivity index (χ1v) is 12.0. The number of anilines is 1. The van der Waals surface area contributed by atoms with E-state index < -0.39 is 5.60 Å². The quantitative estimate of drug-likeness (QED) is 0.531. The van der Waals surface area contributed by atoms with Crippen molar-refractivity contribution in [1.29, 1.82) is 0 Å². The van der Waals surface area contributed by atoms with Gasteiger partial charge in [0.2, 0.25) is 5.91 Å². The smallest absolute Gasteiger partial charge is 0.225 e. The predicted octanol–water partition coefficient (Wildman–Crippen LogP) is 3.67. The van der Waals surface area contributed by atoms with Gasteiger partial charge < -0.3 is 15.3 Å². The maximum atomic E-state index is 12.8. The Balaban J connectivity index is 1.22. The number of rotatable bonds is 6. The monoisotopic (exact) mass is 448 g/mol. The fourth-order valence-electron chi connectivity index (χ4n) is 5.16. The first-order chi connectivity index (χ1) is 16.0. The molecule has 3 aromatic heterocycles. The van der Waals surface area contributed by atoms with Crippen molar-refractivity contribution in [2.24, 2.45) is 0 Å². The number of carbonyl (C=O) groups is 1. The molecule has 0 bridgehead atoms. The number of nitrogens with zero attached hydrogens (tertiary/aromatic N) is 4. The zero-order chi connectivity index (χ0) is 22.8. The largest absolute Gasteiger partial charge is 0.389 e. The van der Waals surface area contributed by atoms with Crippen LogP contribution < -0.4 is 5.32 Å². The zero-order valence-corrected chi connectivity index (χ0v) is 19.2. The summed E-state index contributed by atoms with van der Waals surface area (Å²) in [6.45, 7) is 3.95. The SMILES string of the molecule is Cc1cccc(CNc2n[nH]c3nc(C4CCN(C(=O)CC5(O)CCCCC5)C4)ccc23)n1. The average Bonchev–Trinajstić information content (AvgIpc) is 3.45. The minimum absolute atomic E-state index is 0.0702. The maximum Gasteiger partial charge on any atom is 0.225 e. The first-order valence-electron chi connectivity index (χ1n) is 12.0. The summed E-state index contributed by atoms with van der Waals surface area (Å²) in [5.74, 6) is 1.03. The van der Waals surface area contributed by atoms with Crippen molar-refractivity contribution in [3.63, 3.8) is 0 Å². The van der Waals surface area contributed by atoms with Crippen LogP contribution in [0, 0.1) is 6.92 Å². The minimum Gasteiger partial charge on any atom is -0.389 e. The van der Waals surface area contributed by atoms with Crippen molar-refractivity contribution in [3.8, 4) is 0 Å². The summed E-state index contributed by atoms with van der Waals surface area (Å²) in [6.07, 6.45) is 5.80. The Kier molecular flexibility index (Phi) is 6.01. The summed E-state index contributed by atoms with van der Waals surface area (Å²) in [7, 11) is 0. The number of aryl methyl sites for hydroxylation is 1. The molecule has 1 aliphatic carbocycles. The van der Waals surface area contributed by atoms with E-state index in [1.54, 1.807) is 0 Å². The minimum atomic E-state index is -0.808. The van der Waals surface area contributed by atoms with Crippen LogP contribution in [-0.2, 0) is 11.3 Å². The van der Waals surface area contributed by atoms with Gasteiger partial charge in [-0.3, -0.25) is 14.9 Å². The molecular formula is C25H32N6O2. The molecule has 0 spiro atoms. The molecule has 1 unspecified atom stereocenters. The highest BCUT2D eigenvalue weighted by atomic mass is 16.3. The lowest BCUT2D eigenvalue weighted by Gasteiger charge is -2.32. The Morgan fingerprint density at radius 3 is 2.88 bits per heavy atom. The highest BCUT2D eigenvalue weighted by molar-refractivity contribution is 5.87. The fourth-order valence-corrected chi connectivity index (χ4v) is 5.16. The van der Waals surface area contributed by atoms with Gasteiger partial charge in [0.05, 0.1) is 29.6 Å². The summed E-state index contributed by atoms with van der Waals surface area (Å²) in [5, 5.41) is 22.5. The average molecular weight is 449 g/mol. The van der Waals surface area contributed by atoms with Crippen molar-refractivity contribution in [3.05, 3.63) is 47.4 Å². The van der Waals surface area contributed by atoms with Gasteiger partial charge in [0.1, 0.15) is 0 Å². The molecule has 174 valence electrons. The van der Waals surface area contributed by atoms with Crippen LogP contribution in [0.4, 0.5) is 5.82 Å². The van der Waals surface area contributed by atoms with Gasteiger partial charge in [0, 0.05) is 30.4 Å². The van der Waals surface area contributed by atoms with Crippen LogP contribution in [0.25, 0.3) is 11.0 Å². The zero-order valence-electron chi connectivity index (χ0n) is 19.2. The Labute approximate surface area is 193 Å². The van der Waals surface area contributed by atoms with Gasteiger partial charge in [0.15, 0.2) is 11.5 Å². The van der Waals surface area contributed by atoms with Crippen molar-refractivity contribution >= 4 is 22.8 Å². The van der Waals surface area contributed by atoms with Crippen molar-refractivity contribution in [1.82, 2.24) is 25.1 Å². The number of amides is 1. The van der Waals surface area contributed by atoms with Crippen LogP contribution >= 0.6 is 0 Å². The molecule has 5 rings (SSSR count). The highest BCUT2D eigenvalue weighted by Crippen LogP contribution is 2.33. The Morgan fingerprint density at radius 2 is 2.06 bits per heavy atom. The molecule has 1 saturated carbocycles. The number of hydrogen-bond acceptors (Lipinski definition) is 6. The Hall–Kier alpha value is -3.00. The number of pyridine rings is 2. The molecule has 1 amide bonds. The van der Waals surface area contributed by atoms with E-state index in [9.17, 15) is 9.90 Å². The van der Waals surface area contributed by atoms with Gasteiger partial charge in [-0.1, -0.05) is 25.3 Å². The van der Waals surface area contributed by atoms with E-state index >= 15 is 0 Å². The second-order valence-corrected chi connectivity index (χ2v) is 9.62. The summed E-state index contributed by atoms with van der Waals surface area (Å²) in [6, 6.07) is 10.1. The molecule has 0 radical (unpaired) electrons. The predicted molar refractivity (Wildman–Crippen MR) is 127 cm³/mol. The van der Waals surface area contributed by atoms with Gasteiger partial charge in [-0.15, -0.1) is 0 Å². The van der Waals surface area contributed by atoms with Crippen LogP contribution in [0.3, 0.4) is 0 Å². The van der Waals surface area contributed by atoms with Crippen LogP contribution in [-0.4, -0.2) is 54.8 Å². The van der Waals surface area contributed by atoms with Gasteiger partial charge in [0.25, 0.3) is 0 Å². The second-order valence-electron chi connectivity index (χ2n) is 9.62. The van der Waals surface area contributed by atoms with Crippen molar-refractivity contribution in [2.45, 2.75) is 69.9 Å². The molecule has 1 atom stereocenters. The van der Waals surface area contributed by atoms with Crippen LogP contribution in [0.1, 0.15) is 67.9 Å². The number of aromatic nitrogens is 4. The third kappa shape index (κ3) is 4.85. The van der Waals surface area contributed by atoms with Gasteiger partial charge in [-0.05, 0) is 50.5 Å². The molecule has 2 fully saturated rings. The summed E-state index contributed by atoms with van der Waals surface area (Å²) >= 11 is 0. The standard InChI is InChI=1S/C25H32N6O2/c1-17-6-5-7-19(27-17)15-26-23-20-8-9-21(28-24(20)30-29-23)18-10-13-31(16-18)22(32)14-25(33)11-3-2-4-12-25/h5-9,18,33H,2-4,10-16H2,1H3,(H2,26,28,29,30). The lowest BCUT2D eigenvalue weighted by Crippen LogP contribution is -2.39. The number of carbonyl (C=O) groups excluding carboxylic acids is 1. The van der Waals surface area contributed by atoms with E-state index in [1.165, 1.54) is 0 Å². The van der Waals surface area contributed by atoms with Crippen molar-refractivity contribution in [2.75, 3.05) is 18.4 Å². The van der Waals surface area contributed by atoms with Crippen LogP contribution in [0.5, 0.6) is 0 Å². The number of nitrogens with one attached hydrogen (secondary N) is 2. The molecule has 2 aliphatic rings. The lowest BCUT2D eigenvalue weighted by molar-refractivity contribution is -0.136. The molecule has 33 heavy (non-hydrogen) atoms. The van der Waals surface area contributed by atoms with E-state index in [4.69, 9.17) is 4.98 Å². The van der Waals surface area contributed by atoms with E-state index in [1.807, 2.05) is 42.2 Å². The summed E-state index contributed by atoms with van der Waals surface area (Å²) in [5.41, 5.74) is 2.87. The number of fused-ring (bicyclic) bond motifs is 1. The van der Waals surface area contributed by atoms with Crippen LogP contribution in [0.15, 0.2) is 30.3 Å². The van der Waals surface area contributed by atoms with Gasteiger partial charge in [-0.2, -0.15) is 5.10 Å². The molecule has 1 saturated heterocycles. The summed E-state index contributed by atoms with van der Waals surface area (Å²) < 4.78 is 0. The Morgan fingerprint density at radius 1 is 1.21 bits per heavy atom. The number of hydrogen-bond donors (Lipinski definition) is 3. The van der Waals surface area contributed by atoms with E-state index in [-0.39, 0.29) is 18.2 Å². The molecule has 8 nitrogen and oxygen atoms in total. The third-order valence-corrected chi connectivity index (χ3v) is 7.05. The number of H-pyrrole nitrogens is 1. The molecular weight excluding hydrogens is 416 g/mol. The number of aromatic amines is 1. The Bertz CT molecular complexity index is 1140. The fraction of sp³-hybridized carbons (Fsp3) is 0.520.